The number of primary amides is 1. The summed E-state index contributed by atoms with van der Waals surface area (Å²) < 4.78 is 6.21. The Morgan fingerprint density at radius 2 is 1.77 bits per heavy atom. The number of ether oxygens (including phenoxy) is 1. The smallest absolute Gasteiger partial charge is 0.360 e. The number of rotatable bonds is 4. The van der Waals surface area contributed by atoms with Gasteiger partial charge in [0, 0.05) is 5.39 Å². The predicted octanol–water partition coefficient (Wildman–Crippen LogP) is 1.01. The van der Waals surface area contributed by atoms with Crippen LogP contribution in [0.25, 0.3) is 10.8 Å². The number of nitrogens with two attached hydrogens (primary N) is 1. The summed E-state index contributed by atoms with van der Waals surface area (Å²) in [5.74, 6) is -1.55. The molecule has 1 atom stereocenters. The molecule has 1 aromatic heterocycles. The standard InChI is InChI=1S/C15H17N3O4/c1-8(2)18-14(20)11-7-5-4-6-10(11)12(17-18)15(21)22-9(3)13(16)19/h4-9H,1-3H3,(H2,16,19). The highest BCUT2D eigenvalue weighted by molar-refractivity contribution is 6.02. The van der Waals surface area contributed by atoms with Crippen LogP contribution in [0, 0.1) is 0 Å². The summed E-state index contributed by atoms with van der Waals surface area (Å²) in [5, 5.41) is 4.84. The van der Waals surface area contributed by atoms with Gasteiger partial charge in [-0.25, -0.2) is 9.48 Å². The van der Waals surface area contributed by atoms with Crippen molar-refractivity contribution >= 4 is 22.6 Å². The molecule has 22 heavy (non-hydrogen) atoms. The first kappa shape index (κ1) is 15.7. The van der Waals surface area contributed by atoms with E-state index in [1.54, 1.807) is 38.1 Å². The Morgan fingerprint density at radius 3 is 2.32 bits per heavy atom. The Morgan fingerprint density at radius 1 is 1.18 bits per heavy atom. The van der Waals surface area contributed by atoms with Crippen LogP contribution in [0.4, 0.5) is 0 Å². The lowest BCUT2D eigenvalue weighted by Crippen LogP contribution is -2.32. The van der Waals surface area contributed by atoms with Crippen molar-refractivity contribution in [3.05, 3.63) is 40.3 Å². The summed E-state index contributed by atoms with van der Waals surface area (Å²) in [5.41, 5.74) is 4.78. The minimum atomic E-state index is -1.08. The number of nitrogens with zero attached hydrogens (tertiary/aromatic N) is 2. The van der Waals surface area contributed by atoms with Gasteiger partial charge in [-0.05, 0) is 26.8 Å². The van der Waals surface area contributed by atoms with E-state index in [4.69, 9.17) is 10.5 Å². The second-order valence-electron chi connectivity index (χ2n) is 5.19. The average molecular weight is 303 g/mol. The SMILES string of the molecule is CC(OC(=O)c1nn(C(C)C)c(=O)c2ccccc12)C(N)=O. The largest absolute Gasteiger partial charge is 0.448 e. The predicted molar refractivity (Wildman–Crippen MR) is 80.5 cm³/mol. The summed E-state index contributed by atoms with van der Waals surface area (Å²) in [7, 11) is 0. The number of benzene rings is 1. The number of hydrogen-bond acceptors (Lipinski definition) is 5. The molecule has 1 unspecified atom stereocenters. The van der Waals surface area contributed by atoms with E-state index in [2.05, 4.69) is 5.10 Å². The number of carbonyl (C=O) groups is 2. The fraction of sp³-hybridized carbons (Fsp3) is 0.333. The average Bonchev–Trinajstić information content (AvgIpc) is 2.47. The number of esters is 1. The molecule has 7 nitrogen and oxygen atoms in total. The van der Waals surface area contributed by atoms with Gasteiger partial charge in [-0.2, -0.15) is 5.10 Å². The second kappa shape index (κ2) is 5.97. The molecular formula is C15H17N3O4. The van der Waals surface area contributed by atoms with Crippen LogP contribution < -0.4 is 11.3 Å². The third kappa shape index (κ3) is 2.83. The van der Waals surface area contributed by atoms with Crippen molar-refractivity contribution in [2.75, 3.05) is 0 Å². The Balaban J connectivity index is 2.62. The molecule has 1 heterocycles. The first-order chi connectivity index (χ1) is 10.3. The van der Waals surface area contributed by atoms with Gasteiger partial charge in [-0.1, -0.05) is 18.2 Å². The highest BCUT2D eigenvalue weighted by Crippen LogP contribution is 2.16. The van der Waals surface area contributed by atoms with Gasteiger partial charge in [0.05, 0.1) is 11.4 Å². The van der Waals surface area contributed by atoms with E-state index < -0.39 is 18.0 Å². The molecule has 2 N–H and O–H groups in total. The Labute approximate surface area is 126 Å². The number of fused-ring (bicyclic) bond motifs is 1. The quantitative estimate of drug-likeness (QED) is 0.849. The van der Waals surface area contributed by atoms with Crippen LogP contribution in [0.5, 0.6) is 0 Å². The Kier molecular flexibility index (Phi) is 4.25. The van der Waals surface area contributed by atoms with Crippen LogP contribution in [-0.4, -0.2) is 27.8 Å². The van der Waals surface area contributed by atoms with Crippen LogP contribution in [0.15, 0.2) is 29.1 Å². The van der Waals surface area contributed by atoms with E-state index in [-0.39, 0.29) is 17.3 Å². The highest BCUT2D eigenvalue weighted by atomic mass is 16.5. The highest BCUT2D eigenvalue weighted by Gasteiger charge is 2.22. The fourth-order valence-corrected chi connectivity index (χ4v) is 1.98. The van der Waals surface area contributed by atoms with Crippen LogP contribution in [-0.2, 0) is 9.53 Å². The van der Waals surface area contributed by atoms with Gasteiger partial charge < -0.3 is 10.5 Å². The van der Waals surface area contributed by atoms with Gasteiger partial charge in [0.2, 0.25) is 0 Å². The summed E-state index contributed by atoms with van der Waals surface area (Å²) in [4.78, 5) is 35.6. The lowest BCUT2D eigenvalue weighted by atomic mass is 10.1. The lowest BCUT2D eigenvalue weighted by Gasteiger charge is -2.14. The van der Waals surface area contributed by atoms with Gasteiger partial charge >= 0.3 is 5.97 Å². The molecule has 0 radical (unpaired) electrons. The second-order valence-corrected chi connectivity index (χ2v) is 5.19. The van der Waals surface area contributed by atoms with Gasteiger partial charge in [-0.15, -0.1) is 0 Å². The number of amides is 1. The first-order valence-corrected chi connectivity index (χ1v) is 6.84. The third-order valence-electron chi connectivity index (χ3n) is 3.20. The third-order valence-corrected chi connectivity index (χ3v) is 3.20. The maximum Gasteiger partial charge on any atom is 0.360 e. The molecule has 7 heteroatoms. The lowest BCUT2D eigenvalue weighted by molar-refractivity contribution is -0.125. The van der Waals surface area contributed by atoms with Crippen LogP contribution in [0.1, 0.15) is 37.3 Å². The van der Waals surface area contributed by atoms with Crippen molar-refractivity contribution in [2.24, 2.45) is 5.73 Å². The van der Waals surface area contributed by atoms with Crippen molar-refractivity contribution in [3.8, 4) is 0 Å². The van der Waals surface area contributed by atoms with Crippen molar-refractivity contribution in [2.45, 2.75) is 32.9 Å². The van der Waals surface area contributed by atoms with Crippen LogP contribution in [0.3, 0.4) is 0 Å². The monoisotopic (exact) mass is 303 g/mol. The zero-order chi connectivity index (χ0) is 16.4. The summed E-state index contributed by atoms with van der Waals surface area (Å²) in [6.07, 6.45) is -1.08. The van der Waals surface area contributed by atoms with Crippen molar-refractivity contribution in [1.29, 1.82) is 0 Å². The fourth-order valence-electron chi connectivity index (χ4n) is 1.98. The normalized spacial score (nSPS) is 12.4. The first-order valence-electron chi connectivity index (χ1n) is 6.84. The van der Waals surface area contributed by atoms with Crippen LogP contribution in [0.2, 0.25) is 0 Å². The van der Waals surface area contributed by atoms with E-state index in [1.807, 2.05) is 0 Å². The van der Waals surface area contributed by atoms with E-state index in [9.17, 15) is 14.4 Å². The van der Waals surface area contributed by atoms with Gasteiger partial charge in [0.1, 0.15) is 0 Å². The minimum absolute atomic E-state index is 0.0167. The topological polar surface area (TPSA) is 104 Å². The number of aromatic nitrogens is 2. The maximum absolute atomic E-state index is 12.3. The Bertz CT molecular complexity index is 795. The summed E-state index contributed by atoms with van der Waals surface area (Å²) >= 11 is 0. The Hall–Kier alpha value is -2.70. The number of hydrogen-bond donors (Lipinski definition) is 1. The van der Waals surface area contributed by atoms with Gasteiger partial charge in [-0.3, -0.25) is 9.59 Å². The van der Waals surface area contributed by atoms with E-state index in [0.29, 0.717) is 10.8 Å². The molecule has 116 valence electrons. The van der Waals surface area contributed by atoms with Crippen molar-refractivity contribution in [1.82, 2.24) is 9.78 Å². The zero-order valence-corrected chi connectivity index (χ0v) is 12.6. The van der Waals surface area contributed by atoms with Crippen LogP contribution >= 0.6 is 0 Å². The molecule has 1 amide bonds. The van der Waals surface area contributed by atoms with E-state index in [0.717, 1.165) is 0 Å². The van der Waals surface area contributed by atoms with E-state index >= 15 is 0 Å². The number of carbonyl (C=O) groups excluding carboxylic acids is 2. The molecule has 0 bridgehead atoms. The molecule has 2 aromatic rings. The molecule has 2 rings (SSSR count). The van der Waals surface area contributed by atoms with E-state index in [1.165, 1.54) is 11.6 Å². The van der Waals surface area contributed by atoms with Crippen molar-refractivity contribution in [3.63, 3.8) is 0 Å². The molecule has 1 aromatic carbocycles. The summed E-state index contributed by atoms with van der Waals surface area (Å²) in [6, 6.07) is 6.40. The minimum Gasteiger partial charge on any atom is -0.448 e. The van der Waals surface area contributed by atoms with Gasteiger partial charge in [0.25, 0.3) is 11.5 Å². The molecule has 0 spiro atoms. The molecule has 0 aliphatic heterocycles. The maximum atomic E-state index is 12.3. The van der Waals surface area contributed by atoms with Crippen molar-refractivity contribution < 1.29 is 14.3 Å². The molecular weight excluding hydrogens is 286 g/mol. The molecule has 0 fully saturated rings. The summed E-state index contributed by atoms with van der Waals surface area (Å²) in [6.45, 7) is 4.94. The zero-order valence-electron chi connectivity index (χ0n) is 12.6. The van der Waals surface area contributed by atoms with Gasteiger partial charge in [0.15, 0.2) is 11.8 Å². The molecule has 0 saturated carbocycles. The molecule has 0 aliphatic carbocycles. The molecule has 0 saturated heterocycles. The molecule has 0 aliphatic rings.